The van der Waals surface area contributed by atoms with Crippen LogP contribution in [0.15, 0.2) is 30.5 Å². The quantitative estimate of drug-likeness (QED) is 0.482. The Balaban J connectivity index is 2.56. The third-order valence-electron chi connectivity index (χ3n) is 2.84. The Labute approximate surface area is 120 Å². The first-order chi connectivity index (χ1) is 10.1. The van der Waals surface area contributed by atoms with E-state index in [2.05, 4.69) is 15.4 Å². The van der Waals surface area contributed by atoms with Crippen molar-refractivity contribution >= 4 is 23.1 Å². The van der Waals surface area contributed by atoms with E-state index in [1.54, 1.807) is 36.2 Å². The van der Waals surface area contributed by atoms with Gasteiger partial charge in [-0.05, 0) is 12.1 Å². The number of aromatic nitrogens is 2. The Morgan fingerprint density at radius 1 is 1.43 bits per heavy atom. The summed E-state index contributed by atoms with van der Waals surface area (Å²) in [5, 5.41) is 11.1. The fourth-order valence-electron chi connectivity index (χ4n) is 1.83. The lowest BCUT2D eigenvalue weighted by Crippen LogP contribution is -2.17. The summed E-state index contributed by atoms with van der Waals surface area (Å²) in [5.41, 5.74) is 2.66. The van der Waals surface area contributed by atoms with Crippen LogP contribution in [0.25, 0.3) is 0 Å². The second kappa shape index (κ2) is 6.01. The Bertz CT molecular complexity index is 663. The van der Waals surface area contributed by atoms with Crippen LogP contribution in [0.3, 0.4) is 0 Å². The van der Waals surface area contributed by atoms with E-state index < -0.39 is 4.92 Å². The molecule has 0 atom stereocenters. The van der Waals surface area contributed by atoms with Gasteiger partial charge in [-0.1, -0.05) is 12.1 Å². The molecule has 2 aromatic rings. The van der Waals surface area contributed by atoms with Crippen LogP contribution in [0.4, 0.5) is 23.1 Å². The molecule has 1 aromatic carbocycles. The van der Waals surface area contributed by atoms with Gasteiger partial charge in [0.25, 0.3) is 0 Å². The second-order valence-corrected chi connectivity index (χ2v) is 4.03. The molecule has 110 valence electrons. The summed E-state index contributed by atoms with van der Waals surface area (Å²) in [6.45, 7) is 0. The van der Waals surface area contributed by atoms with Gasteiger partial charge in [-0.25, -0.2) is 10.8 Å². The Kier molecular flexibility index (Phi) is 4.14. The average Bonchev–Trinajstić information content (AvgIpc) is 2.53. The molecular formula is C12H14N6O3. The molecule has 9 nitrogen and oxygen atoms in total. The van der Waals surface area contributed by atoms with E-state index >= 15 is 0 Å². The minimum absolute atomic E-state index is 0.0809. The number of ether oxygens (including phenoxy) is 1. The smallest absolute Gasteiger partial charge is 0.330 e. The van der Waals surface area contributed by atoms with Gasteiger partial charge in [-0.2, -0.15) is 4.98 Å². The van der Waals surface area contributed by atoms with E-state index in [9.17, 15) is 10.1 Å². The molecule has 1 heterocycles. The maximum atomic E-state index is 11.1. The first kappa shape index (κ1) is 14.5. The molecule has 3 N–H and O–H groups in total. The van der Waals surface area contributed by atoms with E-state index in [0.29, 0.717) is 11.4 Å². The number of nitrogen functional groups attached to an aromatic ring is 1. The number of nitrogens with one attached hydrogen (secondary N) is 1. The maximum Gasteiger partial charge on any atom is 0.330 e. The van der Waals surface area contributed by atoms with Gasteiger partial charge in [0, 0.05) is 7.05 Å². The molecule has 0 radical (unpaired) electrons. The zero-order chi connectivity index (χ0) is 15.4. The molecule has 0 aliphatic rings. The van der Waals surface area contributed by atoms with Crippen molar-refractivity contribution in [3.05, 3.63) is 40.6 Å². The predicted molar refractivity (Wildman–Crippen MR) is 77.6 cm³/mol. The zero-order valence-corrected chi connectivity index (χ0v) is 11.5. The molecule has 0 saturated heterocycles. The van der Waals surface area contributed by atoms with Crippen molar-refractivity contribution in [3.8, 4) is 5.75 Å². The van der Waals surface area contributed by atoms with Gasteiger partial charge in [-0.15, -0.1) is 0 Å². The third-order valence-corrected chi connectivity index (χ3v) is 2.84. The van der Waals surface area contributed by atoms with Crippen molar-refractivity contribution in [2.24, 2.45) is 5.84 Å². The van der Waals surface area contributed by atoms with Gasteiger partial charge in [-0.3, -0.25) is 15.5 Å². The first-order valence-corrected chi connectivity index (χ1v) is 5.93. The fraction of sp³-hybridized carbons (Fsp3) is 0.167. The SMILES string of the molecule is COc1ccccc1N(C)c1nc(NN)ncc1[N+](=O)[O-]. The molecule has 0 amide bonds. The van der Waals surface area contributed by atoms with Crippen LogP contribution in [0.5, 0.6) is 5.75 Å². The van der Waals surface area contributed by atoms with E-state index in [1.807, 2.05) is 0 Å². The summed E-state index contributed by atoms with van der Waals surface area (Å²) in [6.07, 6.45) is 1.10. The van der Waals surface area contributed by atoms with Crippen molar-refractivity contribution < 1.29 is 9.66 Å². The summed E-state index contributed by atoms with van der Waals surface area (Å²) >= 11 is 0. The minimum Gasteiger partial charge on any atom is -0.495 e. The standard InChI is InChI=1S/C12H14N6O3/c1-17(8-5-3-4-6-10(8)21-2)11-9(18(19)20)7-14-12(15-11)16-13/h3-7H,13H2,1-2H3,(H,14,15,16). The highest BCUT2D eigenvalue weighted by molar-refractivity contribution is 5.72. The largest absolute Gasteiger partial charge is 0.495 e. The maximum absolute atomic E-state index is 11.1. The van der Waals surface area contributed by atoms with E-state index in [4.69, 9.17) is 10.6 Å². The summed E-state index contributed by atoms with van der Waals surface area (Å²) in [5.74, 6) is 6.00. The molecule has 0 bridgehead atoms. The number of benzene rings is 1. The van der Waals surface area contributed by atoms with Gasteiger partial charge in [0.2, 0.25) is 11.8 Å². The molecule has 0 aliphatic carbocycles. The second-order valence-electron chi connectivity index (χ2n) is 4.03. The van der Waals surface area contributed by atoms with Gasteiger partial charge in [0.1, 0.15) is 11.9 Å². The van der Waals surface area contributed by atoms with Gasteiger partial charge < -0.3 is 9.64 Å². The van der Waals surface area contributed by atoms with Crippen LogP contribution in [-0.2, 0) is 0 Å². The zero-order valence-electron chi connectivity index (χ0n) is 11.5. The van der Waals surface area contributed by atoms with Crippen LogP contribution in [0.2, 0.25) is 0 Å². The molecule has 0 spiro atoms. The number of rotatable bonds is 5. The molecule has 9 heteroatoms. The van der Waals surface area contributed by atoms with E-state index in [1.165, 1.54) is 7.11 Å². The van der Waals surface area contributed by atoms with Crippen LogP contribution in [0.1, 0.15) is 0 Å². The topological polar surface area (TPSA) is 119 Å². The number of hydrazine groups is 1. The highest BCUT2D eigenvalue weighted by atomic mass is 16.6. The van der Waals surface area contributed by atoms with Crippen molar-refractivity contribution in [1.82, 2.24) is 9.97 Å². The Hall–Kier alpha value is -2.94. The number of nitrogens with two attached hydrogens (primary N) is 1. The number of hydrogen-bond acceptors (Lipinski definition) is 8. The normalized spacial score (nSPS) is 10.0. The fourth-order valence-corrected chi connectivity index (χ4v) is 1.83. The van der Waals surface area contributed by atoms with Crippen molar-refractivity contribution in [2.75, 3.05) is 24.5 Å². The molecule has 0 aliphatic heterocycles. The molecular weight excluding hydrogens is 276 g/mol. The van der Waals surface area contributed by atoms with Crippen LogP contribution >= 0.6 is 0 Å². The van der Waals surface area contributed by atoms with Gasteiger partial charge in [0.15, 0.2) is 0 Å². The van der Waals surface area contributed by atoms with Crippen LogP contribution in [0, 0.1) is 10.1 Å². The van der Waals surface area contributed by atoms with Crippen molar-refractivity contribution in [1.29, 1.82) is 0 Å². The highest BCUT2D eigenvalue weighted by Gasteiger charge is 2.23. The number of hydrogen-bond donors (Lipinski definition) is 2. The Morgan fingerprint density at radius 3 is 2.76 bits per heavy atom. The summed E-state index contributed by atoms with van der Waals surface area (Å²) < 4.78 is 5.25. The predicted octanol–water partition coefficient (Wildman–Crippen LogP) is 1.45. The lowest BCUT2D eigenvalue weighted by atomic mass is 10.2. The van der Waals surface area contributed by atoms with E-state index in [0.717, 1.165) is 6.20 Å². The van der Waals surface area contributed by atoms with Crippen LogP contribution in [-0.4, -0.2) is 29.0 Å². The Morgan fingerprint density at radius 2 is 2.14 bits per heavy atom. The van der Waals surface area contributed by atoms with Gasteiger partial charge >= 0.3 is 5.69 Å². The number of para-hydroxylation sites is 2. The van der Waals surface area contributed by atoms with Crippen molar-refractivity contribution in [2.45, 2.75) is 0 Å². The summed E-state index contributed by atoms with van der Waals surface area (Å²) in [7, 11) is 3.17. The van der Waals surface area contributed by atoms with Crippen molar-refractivity contribution in [3.63, 3.8) is 0 Å². The number of methoxy groups -OCH3 is 1. The summed E-state index contributed by atoms with van der Waals surface area (Å²) in [4.78, 5) is 19.9. The minimum atomic E-state index is -0.554. The van der Waals surface area contributed by atoms with E-state index in [-0.39, 0.29) is 17.5 Å². The van der Waals surface area contributed by atoms with Gasteiger partial charge in [0.05, 0.1) is 17.7 Å². The lowest BCUT2D eigenvalue weighted by molar-refractivity contribution is -0.384. The number of nitro groups is 1. The molecule has 0 unspecified atom stereocenters. The average molecular weight is 290 g/mol. The molecule has 21 heavy (non-hydrogen) atoms. The molecule has 0 fully saturated rings. The van der Waals surface area contributed by atoms with Crippen LogP contribution < -0.4 is 20.9 Å². The lowest BCUT2D eigenvalue weighted by Gasteiger charge is -2.20. The monoisotopic (exact) mass is 290 g/mol. The molecule has 2 rings (SSSR count). The highest BCUT2D eigenvalue weighted by Crippen LogP contribution is 2.35. The molecule has 1 aromatic heterocycles. The molecule has 0 saturated carbocycles. The summed E-state index contributed by atoms with van der Waals surface area (Å²) in [6, 6.07) is 7.11. The number of anilines is 3. The number of nitrogens with zero attached hydrogens (tertiary/aromatic N) is 4. The first-order valence-electron chi connectivity index (χ1n) is 5.93. The third kappa shape index (κ3) is 2.82.